The van der Waals surface area contributed by atoms with Crippen LogP contribution in [0.15, 0.2) is 24.4 Å². The number of aromatic nitrogens is 3. The molecule has 124 valence electrons. The van der Waals surface area contributed by atoms with Crippen molar-refractivity contribution in [3.8, 4) is 0 Å². The Kier molecular flexibility index (Phi) is 3.55. The van der Waals surface area contributed by atoms with Crippen LogP contribution in [0, 0.1) is 0 Å². The van der Waals surface area contributed by atoms with Gasteiger partial charge in [0.1, 0.15) is 5.69 Å². The quantitative estimate of drug-likeness (QED) is 0.839. The fourth-order valence-corrected chi connectivity index (χ4v) is 3.45. The van der Waals surface area contributed by atoms with Crippen molar-refractivity contribution in [3.63, 3.8) is 0 Å². The molecule has 0 N–H and O–H groups in total. The van der Waals surface area contributed by atoms with E-state index in [1.807, 2.05) is 23.1 Å². The van der Waals surface area contributed by atoms with E-state index < -0.39 is 0 Å². The number of fused-ring (bicyclic) bond motifs is 1. The Bertz CT molecular complexity index is 813. The zero-order valence-electron chi connectivity index (χ0n) is 13.6. The largest absolute Gasteiger partial charge is 0.312 e. The molecular formula is C17H19N5O2. The highest BCUT2D eigenvalue weighted by Gasteiger charge is 2.29. The number of benzene rings is 1. The molecule has 1 saturated heterocycles. The Hall–Kier alpha value is -2.70. The molecule has 2 amide bonds. The van der Waals surface area contributed by atoms with E-state index in [1.54, 1.807) is 11.9 Å². The van der Waals surface area contributed by atoms with Gasteiger partial charge in [-0.3, -0.25) is 9.59 Å². The van der Waals surface area contributed by atoms with E-state index in [4.69, 9.17) is 0 Å². The molecule has 1 aromatic heterocycles. The second-order valence-corrected chi connectivity index (χ2v) is 6.27. The highest BCUT2D eigenvalue weighted by molar-refractivity contribution is 6.06. The van der Waals surface area contributed by atoms with Crippen molar-refractivity contribution in [2.24, 2.45) is 7.05 Å². The minimum atomic E-state index is -0.108. The Labute approximate surface area is 139 Å². The monoisotopic (exact) mass is 325 g/mol. The summed E-state index contributed by atoms with van der Waals surface area (Å²) < 4.78 is 1.48. The van der Waals surface area contributed by atoms with Gasteiger partial charge >= 0.3 is 0 Å². The molecule has 4 rings (SSSR count). The maximum atomic E-state index is 12.8. The molecule has 7 nitrogen and oxygen atoms in total. The average molecular weight is 325 g/mol. The highest BCUT2D eigenvalue weighted by Crippen LogP contribution is 2.34. The van der Waals surface area contributed by atoms with Crippen molar-refractivity contribution in [3.05, 3.63) is 35.7 Å². The van der Waals surface area contributed by atoms with Crippen LogP contribution in [-0.4, -0.2) is 39.9 Å². The Balaban J connectivity index is 1.67. The fourth-order valence-electron chi connectivity index (χ4n) is 3.45. The van der Waals surface area contributed by atoms with Crippen LogP contribution >= 0.6 is 0 Å². The van der Waals surface area contributed by atoms with Gasteiger partial charge in [-0.25, -0.2) is 4.68 Å². The zero-order chi connectivity index (χ0) is 16.7. The summed E-state index contributed by atoms with van der Waals surface area (Å²) in [5.41, 5.74) is 3.35. The van der Waals surface area contributed by atoms with Crippen LogP contribution in [0.1, 0.15) is 35.3 Å². The number of piperidine rings is 1. The average Bonchev–Trinajstić information content (AvgIpc) is 3.20. The van der Waals surface area contributed by atoms with E-state index in [0.717, 1.165) is 42.7 Å². The molecule has 0 saturated carbocycles. The van der Waals surface area contributed by atoms with Crippen LogP contribution < -0.4 is 9.80 Å². The molecular weight excluding hydrogens is 306 g/mol. The number of hydrogen-bond acceptors (Lipinski definition) is 4. The van der Waals surface area contributed by atoms with Gasteiger partial charge in [0.2, 0.25) is 5.91 Å². The van der Waals surface area contributed by atoms with Crippen molar-refractivity contribution in [2.45, 2.75) is 25.7 Å². The molecule has 0 radical (unpaired) electrons. The molecule has 2 aliphatic heterocycles. The topological polar surface area (TPSA) is 71.3 Å². The SMILES string of the molecule is Cn1nncc1C(=O)N1CCc2ccc(N3CCCCC3=O)cc21. The van der Waals surface area contributed by atoms with Gasteiger partial charge in [-0.05, 0) is 37.0 Å². The number of hydrogen-bond donors (Lipinski definition) is 0. The zero-order valence-corrected chi connectivity index (χ0v) is 13.6. The van der Waals surface area contributed by atoms with E-state index in [-0.39, 0.29) is 11.8 Å². The summed E-state index contributed by atoms with van der Waals surface area (Å²) in [7, 11) is 1.71. The van der Waals surface area contributed by atoms with Gasteiger partial charge in [0.15, 0.2) is 0 Å². The molecule has 0 unspecified atom stereocenters. The lowest BCUT2D eigenvalue weighted by Crippen LogP contribution is -2.35. The number of rotatable bonds is 2. The lowest BCUT2D eigenvalue weighted by molar-refractivity contribution is -0.119. The first kappa shape index (κ1) is 14.9. The summed E-state index contributed by atoms with van der Waals surface area (Å²) in [4.78, 5) is 28.5. The van der Waals surface area contributed by atoms with E-state index in [2.05, 4.69) is 10.3 Å². The summed E-state index contributed by atoms with van der Waals surface area (Å²) in [6.45, 7) is 1.38. The summed E-state index contributed by atoms with van der Waals surface area (Å²) in [6.07, 6.45) is 4.88. The molecule has 1 aromatic carbocycles. The predicted octanol–water partition coefficient (Wildman–Crippen LogP) is 1.53. The second kappa shape index (κ2) is 5.74. The van der Waals surface area contributed by atoms with E-state index in [1.165, 1.54) is 10.9 Å². The van der Waals surface area contributed by atoms with Crippen molar-refractivity contribution < 1.29 is 9.59 Å². The normalized spacial score (nSPS) is 17.3. The molecule has 3 heterocycles. The third-order valence-electron chi connectivity index (χ3n) is 4.78. The fraction of sp³-hybridized carbons (Fsp3) is 0.412. The van der Waals surface area contributed by atoms with Crippen LogP contribution in [0.3, 0.4) is 0 Å². The maximum absolute atomic E-state index is 12.8. The maximum Gasteiger partial charge on any atom is 0.278 e. The van der Waals surface area contributed by atoms with Crippen molar-refractivity contribution in [1.82, 2.24) is 15.0 Å². The minimum absolute atomic E-state index is 0.108. The number of aryl methyl sites for hydroxylation is 1. The Morgan fingerprint density at radius 1 is 1.17 bits per heavy atom. The molecule has 2 aromatic rings. The lowest BCUT2D eigenvalue weighted by atomic mass is 10.1. The number of nitrogens with zero attached hydrogens (tertiary/aromatic N) is 5. The number of amides is 2. The van der Waals surface area contributed by atoms with Gasteiger partial charge in [0.25, 0.3) is 5.91 Å². The first-order valence-electron chi connectivity index (χ1n) is 8.25. The predicted molar refractivity (Wildman–Crippen MR) is 89.0 cm³/mol. The first-order valence-corrected chi connectivity index (χ1v) is 8.25. The minimum Gasteiger partial charge on any atom is -0.312 e. The Morgan fingerprint density at radius 2 is 2.04 bits per heavy atom. The molecule has 1 fully saturated rings. The number of carbonyl (C=O) groups is 2. The van der Waals surface area contributed by atoms with Crippen LogP contribution in [0.4, 0.5) is 11.4 Å². The lowest BCUT2D eigenvalue weighted by Gasteiger charge is -2.28. The third-order valence-corrected chi connectivity index (χ3v) is 4.78. The van der Waals surface area contributed by atoms with Crippen LogP contribution in [-0.2, 0) is 18.3 Å². The highest BCUT2D eigenvalue weighted by atomic mass is 16.2. The van der Waals surface area contributed by atoms with Gasteiger partial charge in [0.05, 0.1) is 6.20 Å². The van der Waals surface area contributed by atoms with Gasteiger partial charge in [0, 0.05) is 37.9 Å². The smallest absolute Gasteiger partial charge is 0.278 e. The van der Waals surface area contributed by atoms with Gasteiger partial charge in [-0.15, -0.1) is 5.10 Å². The van der Waals surface area contributed by atoms with Crippen LogP contribution in [0.2, 0.25) is 0 Å². The van der Waals surface area contributed by atoms with E-state index >= 15 is 0 Å². The van der Waals surface area contributed by atoms with Gasteiger partial charge < -0.3 is 9.80 Å². The molecule has 0 aliphatic carbocycles. The van der Waals surface area contributed by atoms with E-state index in [9.17, 15) is 9.59 Å². The van der Waals surface area contributed by atoms with Crippen molar-refractivity contribution in [1.29, 1.82) is 0 Å². The number of carbonyl (C=O) groups excluding carboxylic acids is 2. The molecule has 7 heteroatoms. The molecule has 2 aliphatic rings. The molecule has 0 spiro atoms. The van der Waals surface area contributed by atoms with E-state index in [0.29, 0.717) is 18.7 Å². The third kappa shape index (κ3) is 2.36. The van der Waals surface area contributed by atoms with Crippen molar-refractivity contribution >= 4 is 23.2 Å². The number of anilines is 2. The summed E-state index contributed by atoms with van der Waals surface area (Å²) >= 11 is 0. The van der Waals surface area contributed by atoms with Gasteiger partial charge in [-0.1, -0.05) is 11.3 Å². The first-order chi connectivity index (χ1) is 11.6. The summed E-state index contributed by atoms with van der Waals surface area (Å²) in [5, 5.41) is 7.62. The van der Waals surface area contributed by atoms with Crippen LogP contribution in [0.5, 0.6) is 0 Å². The van der Waals surface area contributed by atoms with Crippen molar-refractivity contribution in [2.75, 3.05) is 22.9 Å². The standard InChI is InChI=1S/C17H19N5O2/c1-20-15(11-18-19-20)17(24)22-9-7-12-5-6-13(10-14(12)22)21-8-3-2-4-16(21)23/h5-6,10-11H,2-4,7-9H2,1H3. The Morgan fingerprint density at radius 3 is 2.79 bits per heavy atom. The molecule has 0 atom stereocenters. The summed E-state index contributed by atoms with van der Waals surface area (Å²) in [5.74, 6) is 0.0521. The molecule has 24 heavy (non-hydrogen) atoms. The second-order valence-electron chi connectivity index (χ2n) is 6.27. The molecule has 0 bridgehead atoms. The van der Waals surface area contributed by atoms with Gasteiger partial charge in [-0.2, -0.15) is 0 Å². The van der Waals surface area contributed by atoms with Crippen LogP contribution in [0.25, 0.3) is 0 Å². The summed E-state index contributed by atoms with van der Waals surface area (Å²) in [6, 6.07) is 5.98.